The molecule has 1 unspecified atom stereocenters. The molecule has 1 N–H and O–H groups in total. The van der Waals surface area contributed by atoms with Crippen LogP contribution in [-0.2, 0) is 11.8 Å². The predicted molar refractivity (Wildman–Crippen MR) is 123 cm³/mol. The minimum Gasteiger partial charge on any atom is -0.497 e. The van der Waals surface area contributed by atoms with Crippen LogP contribution in [0.2, 0.25) is 0 Å². The van der Waals surface area contributed by atoms with Gasteiger partial charge in [0.1, 0.15) is 5.75 Å². The summed E-state index contributed by atoms with van der Waals surface area (Å²) in [5.74, 6) is 2.48. The molecule has 4 heteroatoms. The Morgan fingerprint density at radius 1 is 1.17 bits per heavy atom. The number of β-amino-alcohol motifs (C(OH)–C–C–N with tert-alkyl or cyclic N) is 1. The number of ether oxygens (including phenoxy) is 1. The van der Waals surface area contributed by atoms with Gasteiger partial charge in [0.05, 0.1) is 13.2 Å². The first-order valence-electron chi connectivity index (χ1n) is 11.5. The molecule has 2 bridgehead atoms. The molecule has 3 nitrogen and oxygen atoms in total. The predicted octanol–water partition coefficient (Wildman–Crippen LogP) is 4.91. The number of thioether (sulfide) groups is 1. The molecule has 4 atom stereocenters. The second-order valence-corrected chi connectivity index (χ2v) is 10.4. The van der Waals surface area contributed by atoms with Crippen LogP contribution in [0.4, 0.5) is 0 Å². The highest BCUT2D eigenvalue weighted by Crippen LogP contribution is 2.56. The molecule has 1 heterocycles. The standard InChI is InChI=1S/C26H33NO2S/c1-29-21-11-10-19-15-25-23-9-5-6-12-26(23,24(19)16-21)13-14-27(25)17-20(28)18-30-22-7-3-2-4-8-22/h2-4,7-8,10-11,16,20,23,25,28H,5-6,9,12-15,17-18H2,1H3/t20?,23-,25+,26+/m1/s1. The van der Waals surface area contributed by atoms with E-state index in [1.165, 1.54) is 42.6 Å². The zero-order chi connectivity index (χ0) is 20.6. The third-order valence-electron chi connectivity index (χ3n) is 7.79. The number of piperidine rings is 1. The molecule has 2 aliphatic carbocycles. The van der Waals surface area contributed by atoms with Gasteiger partial charge in [-0.3, -0.25) is 4.90 Å². The largest absolute Gasteiger partial charge is 0.497 e. The Balaban J connectivity index is 1.34. The molecular weight excluding hydrogens is 390 g/mol. The SMILES string of the molecule is COc1ccc2c(c1)[C@]13CCCC[C@@H]1[C@H](C2)N(CC(O)CSc1ccccc1)CC3. The minimum absolute atomic E-state index is 0.288. The van der Waals surface area contributed by atoms with Gasteiger partial charge in [0, 0.05) is 28.6 Å². The zero-order valence-corrected chi connectivity index (χ0v) is 18.7. The second-order valence-electron chi connectivity index (χ2n) is 9.33. The van der Waals surface area contributed by atoms with Crippen LogP contribution in [0, 0.1) is 5.92 Å². The van der Waals surface area contributed by atoms with Crippen molar-refractivity contribution < 1.29 is 9.84 Å². The third-order valence-corrected chi connectivity index (χ3v) is 8.95. The number of hydrogen-bond donors (Lipinski definition) is 1. The van der Waals surface area contributed by atoms with E-state index in [2.05, 4.69) is 47.4 Å². The number of aliphatic hydroxyl groups is 1. The third kappa shape index (κ3) is 3.68. The maximum Gasteiger partial charge on any atom is 0.119 e. The Morgan fingerprint density at radius 3 is 2.87 bits per heavy atom. The van der Waals surface area contributed by atoms with Crippen molar-refractivity contribution in [2.75, 3.05) is 26.0 Å². The summed E-state index contributed by atoms with van der Waals surface area (Å²) in [6.45, 7) is 1.90. The number of likely N-dealkylation sites (tertiary alicyclic amines) is 1. The average molecular weight is 424 g/mol. The van der Waals surface area contributed by atoms with E-state index in [9.17, 15) is 5.11 Å². The molecular formula is C26H33NO2S. The van der Waals surface area contributed by atoms with E-state index in [4.69, 9.17) is 4.74 Å². The quantitative estimate of drug-likeness (QED) is 0.670. The summed E-state index contributed by atoms with van der Waals surface area (Å²) >= 11 is 1.76. The van der Waals surface area contributed by atoms with E-state index in [0.29, 0.717) is 17.4 Å². The van der Waals surface area contributed by atoms with Crippen LogP contribution in [0.15, 0.2) is 53.4 Å². The first kappa shape index (κ1) is 20.4. The fraction of sp³-hybridized carbons (Fsp3) is 0.538. The molecule has 0 aromatic heterocycles. The van der Waals surface area contributed by atoms with Gasteiger partial charge in [-0.05, 0) is 73.5 Å². The molecule has 5 rings (SSSR count). The minimum atomic E-state index is -0.288. The van der Waals surface area contributed by atoms with Crippen LogP contribution in [0.5, 0.6) is 5.75 Å². The summed E-state index contributed by atoms with van der Waals surface area (Å²) in [5.41, 5.74) is 3.41. The number of benzene rings is 2. The van der Waals surface area contributed by atoms with Gasteiger partial charge in [-0.15, -0.1) is 11.8 Å². The Labute approximate surface area is 184 Å². The van der Waals surface area contributed by atoms with Crippen molar-refractivity contribution in [1.29, 1.82) is 0 Å². The number of rotatable bonds is 6. The Hall–Kier alpha value is -1.49. The molecule has 1 saturated heterocycles. The lowest BCUT2D eigenvalue weighted by molar-refractivity contribution is -0.0275. The molecule has 1 saturated carbocycles. The molecule has 160 valence electrons. The van der Waals surface area contributed by atoms with Crippen molar-refractivity contribution in [3.63, 3.8) is 0 Å². The van der Waals surface area contributed by atoms with Gasteiger partial charge in [-0.1, -0.05) is 37.1 Å². The summed E-state index contributed by atoms with van der Waals surface area (Å²) in [7, 11) is 1.78. The average Bonchev–Trinajstić information content (AvgIpc) is 2.80. The lowest BCUT2D eigenvalue weighted by Crippen LogP contribution is -2.62. The van der Waals surface area contributed by atoms with Gasteiger partial charge in [0.2, 0.25) is 0 Å². The molecule has 0 radical (unpaired) electrons. The van der Waals surface area contributed by atoms with Gasteiger partial charge >= 0.3 is 0 Å². The smallest absolute Gasteiger partial charge is 0.119 e. The van der Waals surface area contributed by atoms with Crippen LogP contribution < -0.4 is 4.74 Å². The van der Waals surface area contributed by atoms with E-state index in [1.54, 1.807) is 24.4 Å². The summed E-state index contributed by atoms with van der Waals surface area (Å²) in [6, 6.07) is 17.8. The highest BCUT2D eigenvalue weighted by molar-refractivity contribution is 7.99. The van der Waals surface area contributed by atoms with E-state index in [1.807, 2.05) is 6.07 Å². The van der Waals surface area contributed by atoms with Crippen LogP contribution in [0.25, 0.3) is 0 Å². The maximum absolute atomic E-state index is 10.8. The molecule has 3 aliphatic rings. The number of nitrogens with zero attached hydrogens (tertiary/aromatic N) is 1. The Bertz CT molecular complexity index is 873. The van der Waals surface area contributed by atoms with Crippen molar-refractivity contribution in [2.24, 2.45) is 5.92 Å². The monoisotopic (exact) mass is 423 g/mol. The van der Waals surface area contributed by atoms with Crippen LogP contribution >= 0.6 is 11.8 Å². The first-order chi connectivity index (χ1) is 14.7. The lowest BCUT2D eigenvalue weighted by atomic mass is 9.52. The number of hydrogen-bond acceptors (Lipinski definition) is 4. The van der Waals surface area contributed by atoms with Gasteiger partial charge in [-0.2, -0.15) is 0 Å². The summed E-state index contributed by atoms with van der Waals surface area (Å²) in [4.78, 5) is 3.86. The number of aliphatic hydroxyl groups excluding tert-OH is 1. The van der Waals surface area contributed by atoms with Gasteiger partial charge in [-0.25, -0.2) is 0 Å². The molecule has 2 fully saturated rings. The molecule has 30 heavy (non-hydrogen) atoms. The Kier molecular flexibility index (Phi) is 5.83. The number of methoxy groups -OCH3 is 1. The summed E-state index contributed by atoms with van der Waals surface area (Å²) in [6.07, 6.45) is 7.38. The van der Waals surface area contributed by atoms with Gasteiger partial charge < -0.3 is 9.84 Å². The molecule has 0 spiro atoms. The summed E-state index contributed by atoms with van der Waals surface area (Å²) in [5, 5.41) is 10.8. The number of fused-ring (bicyclic) bond motifs is 1. The van der Waals surface area contributed by atoms with Crippen LogP contribution in [0.1, 0.15) is 43.2 Å². The lowest BCUT2D eigenvalue weighted by Gasteiger charge is -2.59. The van der Waals surface area contributed by atoms with Crippen molar-refractivity contribution in [3.8, 4) is 5.75 Å². The van der Waals surface area contributed by atoms with E-state index in [-0.39, 0.29) is 6.10 Å². The topological polar surface area (TPSA) is 32.7 Å². The van der Waals surface area contributed by atoms with E-state index >= 15 is 0 Å². The fourth-order valence-corrected chi connectivity index (χ4v) is 7.29. The van der Waals surface area contributed by atoms with Crippen molar-refractivity contribution in [3.05, 3.63) is 59.7 Å². The van der Waals surface area contributed by atoms with Crippen molar-refractivity contribution in [1.82, 2.24) is 4.90 Å². The van der Waals surface area contributed by atoms with E-state index in [0.717, 1.165) is 31.0 Å². The maximum atomic E-state index is 10.8. The van der Waals surface area contributed by atoms with Crippen LogP contribution in [0.3, 0.4) is 0 Å². The Morgan fingerprint density at radius 2 is 2.03 bits per heavy atom. The van der Waals surface area contributed by atoms with Crippen molar-refractivity contribution in [2.45, 2.75) is 61.0 Å². The van der Waals surface area contributed by atoms with Crippen LogP contribution in [-0.4, -0.2) is 48.1 Å². The van der Waals surface area contributed by atoms with E-state index < -0.39 is 0 Å². The van der Waals surface area contributed by atoms with Crippen molar-refractivity contribution >= 4 is 11.8 Å². The van der Waals surface area contributed by atoms with Gasteiger partial charge in [0.15, 0.2) is 0 Å². The summed E-state index contributed by atoms with van der Waals surface area (Å²) < 4.78 is 5.59. The molecule has 2 aromatic carbocycles. The molecule has 1 aliphatic heterocycles. The first-order valence-corrected chi connectivity index (χ1v) is 12.5. The fourth-order valence-electron chi connectivity index (χ4n) is 6.45. The molecule has 2 aromatic rings. The highest BCUT2D eigenvalue weighted by atomic mass is 32.2. The zero-order valence-electron chi connectivity index (χ0n) is 17.9. The second kappa shape index (κ2) is 8.57. The molecule has 0 amide bonds. The van der Waals surface area contributed by atoms with Gasteiger partial charge in [0.25, 0.3) is 0 Å². The highest BCUT2D eigenvalue weighted by Gasteiger charge is 2.53. The normalized spacial score (nSPS) is 29.0.